The van der Waals surface area contributed by atoms with Gasteiger partial charge in [0.2, 0.25) is 0 Å². The van der Waals surface area contributed by atoms with Gasteiger partial charge < -0.3 is 0 Å². The SMILES string of the molecule is C#C.C=C(C)C(C)CC(C)C.C=C(C)C(CCCCC)CCC(C)CCCCCCCCCCC.C=CC(=C)C. The molecule has 0 N–H and O–H groups in total. The molecular formula is C40H76. The van der Waals surface area contributed by atoms with Gasteiger partial charge in [-0.15, -0.1) is 12.8 Å². The van der Waals surface area contributed by atoms with Crippen LogP contribution in [0.4, 0.5) is 0 Å². The first-order chi connectivity index (χ1) is 18.9. The fourth-order valence-corrected chi connectivity index (χ4v) is 4.62. The molecule has 0 rings (SSSR count). The first-order valence-electron chi connectivity index (χ1n) is 16.8. The Morgan fingerprint density at radius 3 is 1.35 bits per heavy atom. The van der Waals surface area contributed by atoms with Gasteiger partial charge in [0.15, 0.2) is 0 Å². The lowest BCUT2D eigenvalue weighted by Gasteiger charge is -2.19. The van der Waals surface area contributed by atoms with Gasteiger partial charge >= 0.3 is 0 Å². The van der Waals surface area contributed by atoms with Crippen molar-refractivity contribution in [3.8, 4) is 12.8 Å². The molecule has 0 aliphatic rings. The maximum Gasteiger partial charge on any atom is -0.0209 e. The summed E-state index contributed by atoms with van der Waals surface area (Å²) >= 11 is 0. The average molecular weight is 557 g/mol. The molecule has 0 heteroatoms. The lowest BCUT2D eigenvalue weighted by molar-refractivity contribution is 0.389. The van der Waals surface area contributed by atoms with Crippen LogP contribution in [0.15, 0.2) is 49.1 Å². The Hall–Kier alpha value is -1.48. The molecule has 0 spiro atoms. The fraction of sp³-hybridized carbons (Fsp3) is 0.750. The summed E-state index contributed by atoms with van der Waals surface area (Å²) in [5, 5.41) is 0. The largest absolute Gasteiger partial charge is 0.124 e. The van der Waals surface area contributed by atoms with Gasteiger partial charge in [-0.05, 0) is 63.7 Å². The average Bonchev–Trinajstić information content (AvgIpc) is 2.90. The number of unbranched alkanes of at least 4 members (excludes halogenated alkanes) is 10. The minimum atomic E-state index is 0.699. The second kappa shape index (κ2) is 35.5. The van der Waals surface area contributed by atoms with Crippen molar-refractivity contribution in [1.82, 2.24) is 0 Å². The zero-order valence-electron chi connectivity index (χ0n) is 29.4. The quantitative estimate of drug-likeness (QED) is 0.0538. The molecule has 3 unspecified atom stereocenters. The maximum atomic E-state index is 4.23. The Kier molecular flexibility index (Phi) is 40.4. The molecule has 236 valence electrons. The van der Waals surface area contributed by atoms with Crippen LogP contribution in [0.2, 0.25) is 0 Å². The zero-order valence-corrected chi connectivity index (χ0v) is 29.4. The summed E-state index contributed by atoms with van der Waals surface area (Å²) < 4.78 is 0. The molecule has 0 nitrogen and oxygen atoms in total. The van der Waals surface area contributed by atoms with Crippen molar-refractivity contribution in [3.63, 3.8) is 0 Å². The summed E-state index contributed by atoms with van der Waals surface area (Å²) in [6.07, 6.45) is 33.7. The smallest absolute Gasteiger partial charge is 0.0209 e. The second-order valence-electron chi connectivity index (χ2n) is 12.8. The molecule has 0 aromatic rings. The van der Waals surface area contributed by atoms with Crippen LogP contribution >= 0.6 is 0 Å². The first kappa shape index (κ1) is 45.5. The predicted octanol–water partition coefficient (Wildman–Crippen LogP) is 14.3. The monoisotopic (exact) mass is 557 g/mol. The van der Waals surface area contributed by atoms with Gasteiger partial charge in [0.25, 0.3) is 0 Å². The summed E-state index contributed by atoms with van der Waals surface area (Å²) in [7, 11) is 0. The minimum Gasteiger partial charge on any atom is -0.124 e. The fourth-order valence-electron chi connectivity index (χ4n) is 4.62. The highest BCUT2D eigenvalue weighted by Gasteiger charge is 2.11. The number of allylic oxidation sites excluding steroid dienone is 4. The summed E-state index contributed by atoms with van der Waals surface area (Å²) in [6, 6.07) is 0. The van der Waals surface area contributed by atoms with E-state index in [2.05, 4.69) is 94.6 Å². The summed E-state index contributed by atoms with van der Waals surface area (Å²) in [6.45, 7) is 35.2. The van der Waals surface area contributed by atoms with Crippen LogP contribution in [0.25, 0.3) is 0 Å². The van der Waals surface area contributed by atoms with Gasteiger partial charge in [0.1, 0.15) is 0 Å². The molecule has 3 atom stereocenters. The molecule has 0 amide bonds. The Balaban J connectivity index is -0.000000331. The summed E-state index contributed by atoms with van der Waals surface area (Å²) in [5.41, 5.74) is 3.75. The van der Waals surface area contributed by atoms with Crippen LogP contribution in [0.1, 0.15) is 171 Å². The molecule has 0 aromatic carbocycles. The van der Waals surface area contributed by atoms with Crippen molar-refractivity contribution < 1.29 is 0 Å². The highest BCUT2D eigenvalue weighted by Crippen LogP contribution is 2.26. The van der Waals surface area contributed by atoms with Gasteiger partial charge in [-0.2, -0.15) is 0 Å². The van der Waals surface area contributed by atoms with E-state index >= 15 is 0 Å². The molecule has 0 saturated heterocycles. The van der Waals surface area contributed by atoms with Crippen LogP contribution in [-0.2, 0) is 0 Å². The second-order valence-corrected chi connectivity index (χ2v) is 12.8. The highest BCUT2D eigenvalue weighted by molar-refractivity contribution is 5.06. The lowest BCUT2D eigenvalue weighted by Crippen LogP contribution is -2.05. The van der Waals surface area contributed by atoms with E-state index in [1.165, 1.54) is 120 Å². The third kappa shape index (κ3) is 41.0. The van der Waals surface area contributed by atoms with Crippen molar-refractivity contribution in [2.45, 2.75) is 171 Å². The van der Waals surface area contributed by atoms with E-state index in [-0.39, 0.29) is 0 Å². The molecular weight excluding hydrogens is 480 g/mol. The van der Waals surface area contributed by atoms with E-state index in [1.807, 2.05) is 6.92 Å². The Morgan fingerprint density at radius 2 is 1.00 bits per heavy atom. The van der Waals surface area contributed by atoms with E-state index in [0.717, 1.165) is 23.3 Å². The Morgan fingerprint density at radius 1 is 0.600 bits per heavy atom. The van der Waals surface area contributed by atoms with Crippen LogP contribution in [0.3, 0.4) is 0 Å². The Labute approximate surface area is 256 Å². The predicted molar refractivity (Wildman–Crippen MR) is 191 cm³/mol. The summed E-state index contributed by atoms with van der Waals surface area (Å²) in [5.74, 6) is 3.19. The van der Waals surface area contributed by atoms with Crippen molar-refractivity contribution in [1.29, 1.82) is 0 Å². The third-order valence-electron chi connectivity index (χ3n) is 7.68. The van der Waals surface area contributed by atoms with Gasteiger partial charge in [-0.3, -0.25) is 0 Å². The van der Waals surface area contributed by atoms with Crippen molar-refractivity contribution in [2.75, 3.05) is 0 Å². The van der Waals surface area contributed by atoms with Gasteiger partial charge in [0, 0.05) is 0 Å². The van der Waals surface area contributed by atoms with Crippen LogP contribution in [0, 0.1) is 36.5 Å². The van der Waals surface area contributed by atoms with E-state index < -0.39 is 0 Å². The zero-order chi connectivity index (χ0) is 31.8. The maximum absolute atomic E-state index is 4.23. The van der Waals surface area contributed by atoms with Crippen LogP contribution < -0.4 is 0 Å². The molecule has 40 heavy (non-hydrogen) atoms. The van der Waals surface area contributed by atoms with Crippen molar-refractivity contribution >= 4 is 0 Å². The van der Waals surface area contributed by atoms with E-state index in [9.17, 15) is 0 Å². The molecule has 0 bridgehead atoms. The molecule has 0 aliphatic heterocycles. The summed E-state index contributed by atoms with van der Waals surface area (Å²) in [4.78, 5) is 0. The van der Waals surface area contributed by atoms with Gasteiger partial charge in [0.05, 0.1) is 0 Å². The number of terminal acetylenes is 1. The van der Waals surface area contributed by atoms with Crippen LogP contribution in [-0.4, -0.2) is 0 Å². The lowest BCUT2D eigenvalue weighted by atomic mass is 9.86. The molecule has 0 radical (unpaired) electrons. The minimum absolute atomic E-state index is 0.699. The molecule has 0 fully saturated rings. The molecule has 0 aromatic heterocycles. The first-order valence-corrected chi connectivity index (χ1v) is 16.8. The van der Waals surface area contributed by atoms with Gasteiger partial charge in [-0.1, -0.05) is 181 Å². The van der Waals surface area contributed by atoms with E-state index in [0.29, 0.717) is 5.92 Å². The molecule has 0 heterocycles. The Bertz CT molecular complexity index is 586. The van der Waals surface area contributed by atoms with Crippen LogP contribution in [0.5, 0.6) is 0 Å². The molecule has 0 aliphatic carbocycles. The highest BCUT2D eigenvalue weighted by atomic mass is 14.2. The number of hydrogen-bond acceptors (Lipinski definition) is 0. The normalized spacial score (nSPS) is 12.3. The molecule has 0 saturated carbocycles. The number of rotatable bonds is 22. The van der Waals surface area contributed by atoms with Crippen molar-refractivity contribution in [3.05, 3.63) is 49.1 Å². The third-order valence-corrected chi connectivity index (χ3v) is 7.68. The van der Waals surface area contributed by atoms with E-state index in [4.69, 9.17) is 0 Å². The standard InChI is InChI=1S/C24H48.C9H18.C5H8.C2H2/c1-6-8-10-11-12-13-14-15-17-18-23(5)20-21-24(22(3)4)19-16-9-7-2;1-7(2)6-9(5)8(3)4;1-4-5(2)3;1-2/h23-24H,3,6-21H2,1-2,4-5H3;7,9H,3,6H2,1-2,4-5H3;4H,1-2H2,3H3;1-2H. The number of hydrogen-bond donors (Lipinski definition) is 0. The van der Waals surface area contributed by atoms with Crippen molar-refractivity contribution in [2.24, 2.45) is 23.7 Å². The van der Waals surface area contributed by atoms with E-state index in [1.54, 1.807) is 6.08 Å². The van der Waals surface area contributed by atoms with Gasteiger partial charge in [-0.25, -0.2) is 0 Å². The topological polar surface area (TPSA) is 0 Å².